The second-order valence-corrected chi connectivity index (χ2v) is 3.72. The molecule has 0 aliphatic carbocycles. The molecule has 1 aromatic rings. The summed E-state index contributed by atoms with van der Waals surface area (Å²) in [5, 5.41) is 0. The zero-order valence-electron chi connectivity index (χ0n) is 6.85. The van der Waals surface area contributed by atoms with Crippen molar-refractivity contribution in [3.8, 4) is 0 Å². The van der Waals surface area contributed by atoms with Crippen LogP contribution in [0.15, 0.2) is 22.7 Å². The summed E-state index contributed by atoms with van der Waals surface area (Å²) in [4.78, 5) is 0. The molecule has 0 amide bonds. The highest BCUT2D eigenvalue weighted by Gasteiger charge is 2.08. The molecule has 2 N–H and O–H groups in total. The van der Waals surface area contributed by atoms with E-state index in [4.69, 9.17) is 5.73 Å². The second kappa shape index (κ2) is 4.01. The van der Waals surface area contributed by atoms with Gasteiger partial charge in [0, 0.05) is 4.47 Å². The van der Waals surface area contributed by atoms with Crippen LogP contribution in [-0.4, -0.2) is 6.54 Å². The first-order valence-electron chi connectivity index (χ1n) is 3.80. The molecule has 0 radical (unpaired) electrons. The smallest absolute Gasteiger partial charge is 0.126 e. The molecule has 1 atom stereocenters. The van der Waals surface area contributed by atoms with Gasteiger partial charge in [-0.2, -0.15) is 0 Å². The summed E-state index contributed by atoms with van der Waals surface area (Å²) in [6.07, 6.45) is 0. The number of halogens is 2. The number of nitrogens with two attached hydrogens (primary N) is 1. The van der Waals surface area contributed by atoms with Crippen LogP contribution in [0, 0.1) is 5.82 Å². The Kier molecular flexibility index (Phi) is 3.23. The highest BCUT2D eigenvalue weighted by molar-refractivity contribution is 9.10. The molecule has 0 saturated heterocycles. The van der Waals surface area contributed by atoms with Gasteiger partial charge in [-0.15, -0.1) is 0 Å². The summed E-state index contributed by atoms with van der Waals surface area (Å²) >= 11 is 3.29. The molecule has 0 bridgehead atoms. The van der Waals surface area contributed by atoms with Crippen LogP contribution in [0.3, 0.4) is 0 Å². The molecule has 1 unspecified atom stereocenters. The van der Waals surface area contributed by atoms with Crippen molar-refractivity contribution < 1.29 is 4.39 Å². The molecule has 0 spiro atoms. The van der Waals surface area contributed by atoms with Crippen molar-refractivity contribution in [2.45, 2.75) is 12.8 Å². The largest absolute Gasteiger partial charge is 0.330 e. The maximum Gasteiger partial charge on any atom is 0.126 e. The van der Waals surface area contributed by atoms with Gasteiger partial charge in [-0.05, 0) is 36.2 Å². The van der Waals surface area contributed by atoms with E-state index < -0.39 is 0 Å². The fraction of sp³-hybridized carbons (Fsp3) is 0.333. The minimum absolute atomic E-state index is 0.0718. The van der Waals surface area contributed by atoms with Gasteiger partial charge in [0.2, 0.25) is 0 Å². The van der Waals surface area contributed by atoms with E-state index in [1.54, 1.807) is 12.1 Å². The van der Waals surface area contributed by atoms with Crippen molar-refractivity contribution in [1.29, 1.82) is 0 Å². The van der Waals surface area contributed by atoms with Gasteiger partial charge in [-0.1, -0.05) is 22.9 Å². The second-order valence-electron chi connectivity index (χ2n) is 2.80. The molecule has 3 heteroatoms. The third kappa shape index (κ3) is 2.05. The van der Waals surface area contributed by atoms with Gasteiger partial charge in [0.05, 0.1) is 0 Å². The van der Waals surface area contributed by atoms with Crippen molar-refractivity contribution >= 4 is 15.9 Å². The van der Waals surface area contributed by atoms with Crippen LogP contribution in [0.5, 0.6) is 0 Å². The summed E-state index contributed by atoms with van der Waals surface area (Å²) in [5.74, 6) is -0.112. The molecule has 0 heterocycles. The Bertz CT molecular complexity index is 275. The predicted octanol–water partition coefficient (Wildman–Crippen LogP) is 2.65. The summed E-state index contributed by atoms with van der Waals surface area (Å²) < 4.78 is 14.0. The van der Waals surface area contributed by atoms with Crippen LogP contribution < -0.4 is 5.73 Å². The lowest BCUT2D eigenvalue weighted by molar-refractivity contribution is 0.590. The Morgan fingerprint density at radius 2 is 2.25 bits per heavy atom. The molecule has 12 heavy (non-hydrogen) atoms. The van der Waals surface area contributed by atoms with Crippen LogP contribution in [0.25, 0.3) is 0 Å². The Labute approximate surface area is 79.9 Å². The maximum atomic E-state index is 13.1. The van der Waals surface area contributed by atoms with Crippen molar-refractivity contribution in [3.05, 3.63) is 34.1 Å². The van der Waals surface area contributed by atoms with Crippen molar-refractivity contribution in [2.24, 2.45) is 5.73 Å². The minimum Gasteiger partial charge on any atom is -0.330 e. The Balaban J connectivity index is 3.04. The first kappa shape index (κ1) is 9.68. The summed E-state index contributed by atoms with van der Waals surface area (Å²) in [6.45, 7) is 2.37. The van der Waals surface area contributed by atoms with Gasteiger partial charge in [0.15, 0.2) is 0 Å². The standard InChI is InChI=1S/C9H11BrFN/c1-6(5-12)8-4-7(10)2-3-9(8)11/h2-4,6H,5,12H2,1H3. The molecular weight excluding hydrogens is 221 g/mol. The number of rotatable bonds is 2. The van der Waals surface area contributed by atoms with Crippen molar-refractivity contribution in [2.75, 3.05) is 6.54 Å². The van der Waals surface area contributed by atoms with Crippen molar-refractivity contribution in [3.63, 3.8) is 0 Å². The molecule has 1 aromatic carbocycles. The highest BCUT2D eigenvalue weighted by atomic mass is 79.9. The van der Waals surface area contributed by atoms with Gasteiger partial charge < -0.3 is 5.73 Å². The van der Waals surface area contributed by atoms with Crippen LogP contribution >= 0.6 is 15.9 Å². The lowest BCUT2D eigenvalue weighted by Gasteiger charge is -2.09. The molecule has 0 aliphatic heterocycles. The molecule has 0 aliphatic rings. The summed E-state index contributed by atoms with van der Waals surface area (Å²) in [5.41, 5.74) is 6.11. The molecule has 0 saturated carbocycles. The summed E-state index contributed by atoms with van der Waals surface area (Å²) in [6, 6.07) is 4.90. The summed E-state index contributed by atoms with van der Waals surface area (Å²) in [7, 11) is 0. The van der Waals surface area contributed by atoms with E-state index in [1.165, 1.54) is 6.07 Å². The van der Waals surface area contributed by atoms with Crippen molar-refractivity contribution in [1.82, 2.24) is 0 Å². The molecular formula is C9H11BrFN. The quantitative estimate of drug-likeness (QED) is 0.833. The number of benzene rings is 1. The van der Waals surface area contributed by atoms with Crippen LogP contribution in [0.1, 0.15) is 18.4 Å². The lowest BCUT2D eigenvalue weighted by Crippen LogP contribution is -2.10. The first-order chi connectivity index (χ1) is 5.65. The zero-order chi connectivity index (χ0) is 9.14. The van der Waals surface area contributed by atoms with E-state index in [1.807, 2.05) is 6.92 Å². The van der Waals surface area contributed by atoms with E-state index in [-0.39, 0.29) is 11.7 Å². The minimum atomic E-state index is -0.184. The fourth-order valence-corrected chi connectivity index (χ4v) is 1.40. The molecule has 0 fully saturated rings. The topological polar surface area (TPSA) is 26.0 Å². The van der Waals surface area contributed by atoms with E-state index >= 15 is 0 Å². The van der Waals surface area contributed by atoms with E-state index in [9.17, 15) is 4.39 Å². The zero-order valence-corrected chi connectivity index (χ0v) is 8.44. The monoisotopic (exact) mass is 231 g/mol. The molecule has 66 valence electrons. The average Bonchev–Trinajstić information content (AvgIpc) is 2.08. The third-order valence-electron chi connectivity index (χ3n) is 1.84. The SMILES string of the molecule is CC(CN)c1cc(Br)ccc1F. The fourth-order valence-electron chi connectivity index (χ4n) is 1.02. The van der Waals surface area contributed by atoms with Gasteiger partial charge >= 0.3 is 0 Å². The van der Waals surface area contributed by atoms with Gasteiger partial charge in [0.1, 0.15) is 5.82 Å². The van der Waals surface area contributed by atoms with Crippen LogP contribution in [0.2, 0.25) is 0 Å². The number of hydrogen-bond acceptors (Lipinski definition) is 1. The highest BCUT2D eigenvalue weighted by Crippen LogP contribution is 2.21. The third-order valence-corrected chi connectivity index (χ3v) is 2.34. The first-order valence-corrected chi connectivity index (χ1v) is 4.59. The van der Waals surface area contributed by atoms with Gasteiger partial charge in [0.25, 0.3) is 0 Å². The Hall–Kier alpha value is -0.410. The predicted molar refractivity (Wildman–Crippen MR) is 51.6 cm³/mol. The number of hydrogen-bond donors (Lipinski definition) is 1. The Morgan fingerprint density at radius 1 is 1.58 bits per heavy atom. The lowest BCUT2D eigenvalue weighted by atomic mass is 10.0. The van der Waals surface area contributed by atoms with E-state index in [0.29, 0.717) is 12.1 Å². The van der Waals surface area contributed by atoms with E-state index in [0.717, 1.165) is 4.47 Å². The molecule has 0 aromatic heterocycles. The Morgan fingerprint density at radius 3 is 2.83 bits per heavy atom. The van der Waals surface area contributed by atoms with Gasteiger partial charge in [-0.3, -0.25) is 0 Å². The van der Waals surface area contributed by atoms with Crippen LogP contribution in [0.4, 0.5) is 4.39 Å². The molecule has 1 nitrogen and oxygen atoms in total. The van der Waals surface area contributed by atoms with Crippen LogP contribution in [-0.2, 0) is 0 Å². The average molecular weight is 232 g/mol. The van der Waals surface area contributed by atoms with Gasteiger partial charge in [-0.25, -0.2) is 4.39 Å². The molecule has 1 rings (SSSR count). The van der Waals surface area contributed by atoms with E-state index in [2.05, 4.69) is 15.9 Å². The normalized spacial score (nSPS) is 13.0. The maximum absolute atomic E-state index is 13.1.